The second-order valence-corrected chi connectivity index (χ2v) is 2.50. The molecule has 0 bridgehead atoms. The Kier molecular flexibility index (Phi) is 2.59. The van der Waals surface area contributed by atoms with Gasteiger partial charge in [-0.2, -0.15) is 0 Å². The third-order valence-electron chi connectivity index (χ3n) is 1.70. The maximum atomic E-state index is 10.4. The van der Waals surface area contributed by atoms with Crippen LogP contribution in [-0.4, -0.2) is 27.1 Å². The number of nitro groups is 1. The number of nitrogens with zero attached hydrogens (tertiary/aromatic N) is 2. The predicted molar refractivity (Wildman–Crippen MR) is 45.5 cm³/mol. The standard InChI is InChI=1S/C6H7BN2O4/c1-4-5(7(10)11)2-8-3-6(4)9(12)13/h2-3,10-11H,1H3. The van der Waals surface area contributed by atoms with Crippen molar-refractivity contribution in [1.29, 1.82) is 0 Å². The molecule has 0 radical (unpaired) electrons. The van der Waals surface area contributed by atoms with E-state index in [2.05, 4.69) is 4.98 Å². The van der Waals surface area contributed by atoms with Gasteiger partial charge in [0.1, 0.15) is 6.20 Å². The highest BCUT2D eigenvalue weighted by Gasteiger charge is 2.21. The van der Waals surface area contributed by atoms with Gasteiger partial charge in [0, 0.05) is 17.2 Å². The van der Waals surface area contributed by atoms with Crippen molar-refractivity contribution < 1.29 is 15.0 Å². The Hall–Kier alpha value is -1.47. The van der Waals surface area contributed by atoms with Gasteiger partial charge in [0.05, 0.1) is 4.92 Å². The summed E-state index contributed by atoms with van der Waals surface area (Å²) in [6.45, 7) is 1.44. The topological polar surface area (TPSA) is 96.5 Å². The smallest absolute Gasteiger partial charge is 0.423 e. The summed E-state index contributed by atoms with van der Waals surface area (Å²) < 4.78 is 0. The Morgan fingerprint density at radius 1 is 1.54 bits per heavy atom. The molecule has 1 heterocycles. The molecule has 0 saturated carbocycles. The Morgan fingerprint density at radius 3 is 2.62 bits per heavy atom. The van der Waals surface area contributed by atoms with E-state index >= 15 is 0 Å². The van der Waals surface area contributed by atoms with Crippen LogP contribution in [0.15, 0.2) is 12.4 Å². The van der Waals surface area contributed by atoms with Crippen LogP contribution in [0.4, 0.5) is 5.69 Å². The van der Waals surface area contributed by atoms with E-state index in [4.69, 9.17) is 10.0 Å². The first-order chi connectivity index (χ1) is 6.04. The zero-order valence-corrected chi connectivity index (χ0v) is 6.84. The van der Waals surface area contributed by atoms with Gasteiger partial charge in [-0.05, 0) is 6.92 Å². The first-order valence-corrected chi connectivity index (χ1v) is 3.49. The van der Waals surface area contributed by atoms with Crippen LogP contribution in [0.2, 0.25) is 0 Å². The highest BCUT2D eigenvalue weighted by atomic mass is 16.6. The summed E-state index contributed by atoms with van der Waals surface area (Å²) in [4.78, 5) is 13.3. The molecule has 0 aliphatic carbocycles. The Bertz CT molecular complexity index is 341. The van der Waals surface area contributed by atoms with Gasteiger partial charge in [0.25, 0.3) is 5.69 Å². The maximum absolute atomic E-state index is 10.4. The normalized spacial score (nSPS) is 9.77. The molecular formula is C6H7BN2O4. The van der Waals surface area contributed by atoms with Crippen molar-refractivity contribution in [2.75, 3.05) is 0 Å². The fourth-order valence-electron chi connectivity index (χ4n) is 0.974. The first-order valence-electron chi connectivity index (χ1n) is 3.49. The average Bonchev–Trinajstić information content (AvgIpc) is 2.03. The zero-order chi connectivity index (χ0) is 10.0. The van der Waals surface area contributed by atoms with Crippen LogP contribution in [0.3, 0.4) is 0 Å². The van der Waals surface area contributed by atoms with Crippen molar-refractivity contribution in [2.45, 2.75) is 6.92 Å². The van der Waals surface area contributed by atoms with Gasteiger partial charge in [-0.15, -0.1) is 0 Å². The third kappa shape index (κ3) is 1.82. The molecule has 6 nitrogen and oxygen atoms in total. The molecule has 0 fully saturated rings. The van der Waals surface area contributed by atoms with Crippen LogP contribution in [0.25, 0.3) is 0 Å². The quantitative estimate of drug-likeness (QED) is 0.346. The van der Waals surface area contributed by atoms with E-state index in [1.807, 2.05) is 0 Å². The molecular weight excluding hydrogens is 175 g/mol. The van der Waals surface area contributed by atoms with Crippen LogP contribution in [0.5, 0.6) is 0 Å². The van der Waals surface area contributed by atoms with Crippen molar-refractivity contribution in [3.05, 3.63) is 28.1 Å². The number of pyridine rings is 1. The molecule has 13 heavy (non-hydrogen) atoms. The number of hydrogen-bond acceptors (Lipinski definition) is 5. The van der Waals surface area contributed by atoms with E-state index in [1.54, 1.807) is 0 Å². The van der Waals surface area contributed by atoms with Gasteiger partial charge < -0.3 is 10.0 Å². The number of hydrogen-bond donors (Lipinski definition) is 2. The summed E-state index contributed by atoms with van der Waals surface area (Å²) in [6.07, 6.45) is 2.26. The molecule has 0 aliphatic heterocycles. The second kappa shape index (κ2) is 3.50. The van der Waals surface area contributed by atoms with Crippen LogP contribution in [0, 0.1) is 17.0 Å². The SMILES string of the molecule is Cc1c(B(O)O)cncc1[N+](=O)[O-]. The second-order valence-electron chi connectivity index (χ2n) is 2.50. The molecule has 0 unspecified atom stereocenters. The van der Waals surface area contributed by atoms with Crippen molar-refractivity contribution in [3.8, 4) is 0 Å². The summed E-state index contributed by atoms with van der Waals surface area (Å²) in [5, 5.41) is 28.0. The van der Waals surface area contributed by atoms with Crippen molar-refractivity contribution >= 4 is 18.3 Å². The molecule has 0 atom stereocenters. The molecule has 68 valence electrons. The minimum atomic E-state index is -1.73. The van der Waals surface area contributed by atoms with Crippen LogP contribution in [-0.2, 0) is 0 Å². The van der Waals surface area contributed by atoms with E-state index in [0.29, 0.717) is 0 Å². The average molecular weight is 182 g/mol. The Labute approximate surface area is 74.2 Å². The molecule has 0 saturated heterocycles. The molecule has 0 amide bonds. The maximum Gasteiger partial charge on any atom is 0.490 e. The van der Waals surface area contributed by atoms with Crippen LogP contribution < -0.4 is 5.46 Å². The molecule has 7 heteroatoms. The van der Waals surface area contributed by atoms with Crippen LogP contribution in [0.1, 0.15) is 5.56 Å². The summed E-state index contributed by atoms with van der Waals surface area (Å²) in [5.41, 5.74) is 0.0507. The largest absolute Gasteiger partial charge is 0.490 e. The van der Waals surface area contributed by atoms with Gasteiger partial charge in [-0.25, -0.2) is 0 Å². The summed E-state index contributed by atoms with van der Waals surface area (Å²) >= 11 is 0. The summed E-state index contributed by atoms with van der Waals surface area (Å²) in [5.74, 6) is 0. The van der Waals surface area contributed by atoms with E-state index in [9.17, 15) is 10.1 Å². The first kappa shape index (κ1) is 9.62. The van der Waals surface area contributed by atoms with E-state index in [0.717, 1.165) is 6.20 Å². The summed E-state index contributed by atoms with van der Waals surface area (Å²) in [6, 6.07) is 0. The van der Waals surface area contributed by atoms with Crippen molar-refractivity contribution in [2.24, 2.45) is 0 Å². The van der Waals surface area contributed by atoms with Crippen molar-refractivity contribution in [1.82, 2.24) is 4.98 Å². The third-order valence-corrected chi connectivity index (χ3v) is 1.70. The lowest BCUT2D eigenvalue weighted by Gasteiger charge is -2.02. The van der Waals surface area contributed by atoms with Crippen LogP contribution >= 0.6 is 0 Å². The Morgan fingerprint density at radius 2 is 2.15 bits per heavy atom. The number of aromatic nitrogens is 1. The lowest BCUT2D eigenvalue weighted by atomic mass is 9.78. The van der Waals surface area contributed by atoms with E-state index < -0.39 is 12.0 Å². The Balaban J connectivity index is 3.26. The molecule has 1 rings (SSSR count). The molecule has 0 aliphatic rings. The number of rotatable bonds is 2. The van der Waals surface area contributed by atoms with E-state index in [-0.39, 0.29) is 16.7 Å². The predicted octanol–water partition coefficient (Wildman–Crippen LogP) is -1.02. The minimum absolute atomic E-state index is 0.0502. The molecule has 1 aromatic heterocycles. The summed E-state index contributed by atoms with van der Waals surface area (Å²) in [7, 11) is -1.73. The monoisotopic (exact) mass is 182 g/mol. The van der Waals surface area contributed by atoms with Crippen molar-refractivity contribution in [3.63, 3.8) is 0 Å². The van der Waals surface area contributed by atoms with Gasteiger partial charge in [0.15, 0.2) is 0 Å². The van der Waals surface area contributed by atoms with E-state index in [1.165, 1.54) is 13.1 Å². The lowest BCUT2D eigenvalue weighted by molar-refractivity contribution is -0.385. The van der Waals surface area contributed by atoms with Gasteiger partial charge in [0.2, 0.25) is 0 Å². The van der Waals surface area contributed by atoms with Gasteiger partial charge in [-0.3, -0.25) is 15.1 Å². The zero-order valence-electron chi connectivity index (χ0n) is 6.84. The molecule has 1 aromatic rings. The molecule has 0 aromatic carbocycles. The highest BCUT2D eigenvalue weighted by molar-refractivity contribution is 6.59. The fourth-order valence-corrected chi connectivity index (χ4v) is 0.974. The van der Waals surface area contributed by atoms with Gasteiger partial charge in [-0.1, -0.05) is 0 Å². The highest BCUT2D eigenvalue weighted by Crippen LogP contribution is 2.12. The molecule has 0 spiro atoms. The molecule has 2 N–H and O–H groups in total. The minimum Gasteiger partial charge on any atom is -0.423 e. The fraction of sp³-hybridized carbons (Fsp3) is 0.167. The lowest BCUT2D eigenvalue weighted by Crippen LogP contribution is -2.32. The van der Waals surface area contributed by atoms with Gasteiger partial charge >= 0.3 is 7.12 Å².